The SMILES string of the molecule is CCCN(Cc1cccc(-c2ccc(O)c3c2C[C@H]2C[C@H]4[C@H](N(C)C)C(O)=C(C(N)=O)C(=O)[C@@]4(O)C(O)=C2C3=O)c1)CC1CC1. The van der Waals surface area contributed by atoms with Gasteiger partial charge in [-0.2, -0.15) is 0 Å². The number of phenolic OH excluding ortho intramolecular Hbond substituents is 1. The van der Waals surface area contributed by atoms with E-state index >= 15 is 0 Å². The van der Waals surface area contributed by atoms with E-state index in [9.17, 15) is 34.8 Å². The van der Waals surface area contributed by atoms with Gasteiger partial charge in [0.05, 0.1) is 11.6 Å². The van der Waals surface area contributed by atoms with Crippen molar-refractivity contribution >= 4 is 17.5 Å². The molecule has 4 aliphatic carbocycles. The number of phenols is 1. The summed E-state index contributed by atoms with van der Waals surface area (Å²) in [6.45, 7) is 5.09. The summed E-state index contributed by atoms with van der Waals surface area (Å²) in [6, 6.07) is 10.4. The quantitative estimate of drug-likeness (QED) is 0.266. The number of amides is 1. The van der Waals surface area contributed by atoms with Crippen molar-refractivity contribution in [3.05, 3.63) is 75.8 Å². The zero-order chi connectivity index (χ0) is 32.4. The van der Waals surface area contributed by atoms with Crippen molar-refractivity contribution < 1.29 is 34.8 Å². The van der Waals surface area contributed by atoms with E-state index in [-0.39, 0.29) is 29.7 Å². The maximum Gasteiger partial charge on any atom is 0.255 e. The van der Waals surface area contributed by atoms with Crippen LogP contribution in [-0.2, 0) is 22.6 Å². The van der Waals surface area contributed by atoms with Gasteiger partial charge in [-0.3, -0.25) is 24.2 Å². The lowest BCUT2D eigenvalue weighted by atomic mass is 9.58. The smallest absolute Gasteiger partial charge is 0.255 e. The number of benzene rings is 2. The fourth-order valence-corrected chi connectivity index (χ4v) is 7.83. The number of rotatable bonds is 9. The number of fused-ring (bicyclic) bond motifs is 3. The van der Waals surface area contributed by atoms with Crippen LogP contribution in [0, 0.1) is 17.8 Å². The number of aromatic hydroxyl groups is 1. The van der Waals surface area contributed by atoms with Crippen molar-refractivity contribution in [3.8, 4) is 16.9 Å². The number of Topliss-reactive ketones (excluding diaryl/α,β-unsaturated/α-hetero) is 2. The molecular weight excluding hydrogens is 574 g/mol. The Morgan fingerprint density at radius 1 is 1.09 bits per heavy atom. The van der Waals surface area contributed by atoms with Gasteiger partial charge in [-0.05, 0) is 99.0 Å². The monoisotopic (exact) mass is 615 g/mol. The van der Waals surface area contributed by atoms with Crippen LogP contribution < -0.4 is 5.73 Å². The van der Waals surface area contributed by atoms with Crippen molar-refractivity contribution in [3.63, 3.8) is 0 Å². The molecule has 1 saturated carbocycles. The van der Waals surface area contributed by atoms with E-state index in [4.69, 9.17) is 5.73 Å². The third kappa shape index (κ3) is 5.05. The molecule has 2 aromatic rings. The lowest BCUT2D eigenvalue weighted by molar-refractivity contribution is -0.148. The Hall–Kier alpha value is -3.99. The average molecular weight is 616 g/mol. The average Bonchev–Trinajstić information content (AvgIpc) is 3.79. The highest BCUT2D eigenvalue weighted by Gasteiger charge is 2.63. The fourth-order valence-electron chi connectivity index (χ4n) is 7.83. The van der Waals surface area contributed by atoms with Gasteiger partial charge < -0.3 is 26.2 Å². The minimum absolute atomic E-state index is 0.0139. The number of carbonyl (C=O) groups is 3. The summed E-state index contributed by atoms with van der Waals surface area (Å²) in [7, 11) is 3.23. The predicted octanol–water partition coefficient (Wildman–Crippen LogP) is 3.41. The van der Waals surface area contributed by atoms with Crippen LogP contribution in [0.3, 0.4) is 0 Å². The molecule has 0 saturated heterocycles. The Bertz CT molecular complexity index is 1660. The van der Waals surface area contributed by atoms with E-state index in [0.717, 1.165) is 48.7 Å². The summed E-state index contributed by atoms with van der Waals surface area (Å²) in [4.78, 5) is 43.9. The van der Waals surface area contributed by atoms with Gasteiger partial charge in [0.25, 0.3) is 5.91 Å². The summed E-state index contributed by atoms with van der Waals surface area (Å²) >= 11 is 0. The Labute approximate surface area is 262 Å². The first-order chi connectivity index (χ1) is 21.4. The van der Waals surface area contributed by atoms with Crippen molar-refractivity contribution in [1.82, 2.24) is 9.80 Å². The Morgan fingerprint density at radius 3 is 2.47 bits per heavy atom. The summed E-state index contributed by atoms with van der Waals surface area (Å²) in [5.41, 5.74) is 5.25. The Morgan fingerprint density at radius 2 is 1.82 bits per heavy atom. The van der Waals surface area contributed by atoms with E-state index in [1.54, 1.807) is 25.1 Å². The first-order valence-electron chi connectivity index (χ1n) is 15.7. The number of likely N-dealkylation sites (N-methyl/N-ethyl adjacent to an activating group) is 1. The molecule has 45 heavy (non-hydrogen) atoms. The van der Waals surface area contributed by atoms with Crippen molar-refractivity contribution in [1.29, 1.82) is 0 Å². The number of hydrogen-bond donors (Lipinski definition) is 5. The van der Waals surface area contributed by atoms with E-state index in [1.165, 1.54) is 18.9 Å². The number of aliphatic hydroxyl groups is 3. The topological polar surface area (TPSA) is 165 Å². The van der Waals surface area contributed by atoms with Crippen molar-refractivity contribution in [2.45, 2.75) is 57.2 Å². The number of primary amides is 1. The standard InChI is InChI=1S/C35H41N3O7/c1-4-12-38(16-18-8-9-18)17-19-6-5-7-20(13-19)22-10-11-25(39)27-23(22)14-21-15-24-29(37(2)3)31(41)28(34(36)44)33(43)35(24,45)32(42)26(21)30(27)40/h5-7,10-11,13,18,21,24,29,39,41-42,45H,4,8-9,12,14-17H2,1-3H3,(H2,36,44)/t21-,24-,29-,35-/m0/s1. The normalized spacial score (nSPS) is 26.3. The molecule has 6 N–H and O–H groups in total. The lowest BCUT2D eigenvalue weighted by Gasteiger charge is -2.50. The number of carbonyl (C=O) groups excluding carboxylic acids is 3. The molecule has 4 atom stereocenters. The highest BCUT2D eigenvalue weighted by Crippen LogP contribution is 2.53. The minimum atomic E-state index is -2.66. The molecule has 0 aromatic heterocycles. The number of ketones is 2. The highest BCUT2D eigenvalue weighted by molar-refractivity contribution is 6.24. The molecule has 0 bridgehead atoms. The molecule has 10 nitrogen and oxygen atoms in total. The van der Waals surface area contributed by atoms with Crippen LogP contribution in [0.4, 0.5) is 0 Å². The van der Waals surface area contributed by atoms with Crippen molar-refractivity contribution in [2.24, 2.45) is 23.5 Å². The largest absolute Gasteiger partial charge is 0.510 e. The fraction of sp³-hybridized carbons (Fsp3) is 0.457. The molecule has 1 amide bonds. The molecule has 4 aliphatic rings. The third-order valence-corrected chi connectivity index (χ3v) is 10.0. The van der Waals surface area contributed by atoms with Gasteiger partial charge in [0, 0.05) is 24.6 Å². The second kappa shape index (κ2) is 11.4. The zero-order valence-electron chi connectivity index (χ0n) is 25.9. The maximum absolute atomic E-state index is 14.1. The van der Waals surface area contributed by atoms with Gasteiger partial charge in [-0.1, -0.05) is 31.2 Å². The molecule has 2 aromatic carbocycles. The number of nitrogens with two attached hydrogens (primary N) is 1. The molecule has 0 heterocycles. The second-order valence-corrected chi connectivity index (χ2v) is 13.3. The van der Waals surface area contributed by atoms with Gasteiger partial charge in [-0.15, -0.1) is 0 Å². The number of allylic oxidation sites excluding steroid dienone is 1. The lowest BCUT2D eigenvalue weighted by Crippen LogP contribution is -2.63. The van der Waals surface area contributed by atoms with Gasteiger partial charge in [0.2, 0.25) is 5.78 Å². The first kappa shape index (κ1) is 31.0. The van der Waals surface area contributed by atoms with E-state index in [0.29, 0.717) is 5.56 Å². The van der Waals surface area contributed by atoms with Crippen LogP contribution in [0.1, 0.15) is 54.1 Å². The number of hydrogen-bond acceptors (Lipinski definition) is 9. The van der Waals surface area contributed by atoms with E-state index < -0.39 is 58.0 Å². The summed E-state index contributed by atoms with van der Waals surface area (Å²) in [6.07, 6.45) is 3.92. The minimum Gasteiger partial charge on any atom is -0.510 e. The second-order valence-electron chi connectivity index (χ2n) is 13.3. The van der Waals surface area contributed by atoms with Crippen LogP contribution in [0.15, 0.2) is 59.1 Å². The molecule has 0 aliphatic heterocycles. The molecule has 238 valence electrons. The summed E-state index contributed by atoms with van der Waals surface area (Å²) in [5.74, 6) is -5.81. The molecule has 0 radical (unpaired) electrons. The molecule has 0 unspecified atom stereocenters. The first-order valence-corrected chi connectivity index (χ1v) is 15.7. The van der Waals surface area contributed by atoms with Gasteiger partial charge in [0.15, 0.2) is 11.4 Å². The predicted molar refractivity (Wildman–Crippen MR) is 167 cm³/mol. The molecule has 1 fully saturated rings. The van der Waals surface area contributed by atoms with E-state index in [1.807, 2.05) is 12.1 Å². The molecule has 6 rings (SSSR count). The van der Waals surface area contributed by atoms with Crippen LogP contribution in [0.2, 0.25) is 0 Å². The number of nitrogens with zero attached hydrogens (tertiary/aromatic N) is 2. The van der Waals surface area contributed by atoms with Crippen LogP contribution in [-0.4, -0.2) is 86.5 Å². The van der Waals surface area contributed by atoms with Crippen LogP contribution in [0.25, 0.3) is 11.1 Å². The van der Waals surface area contributed by atoms with Gasteiger partial charge in [0.1, 0.15) is 22.8 Å². The van der Waals surface area contributed by atoms with Crippen LogP contribution >= 0.6 is 0 Å². The van der Waals surface area contributed by atoms with E-state index in [2.05, 4.69) is 24.0 Å². The van der Waals surface area contributed by atoms with Gasteiger partial charge in [-0.25, -0.2) is 0 Å². The van der Waals surface area contributed by atoms with Gasteiger partial charge >= 0.3 is 0 Å². The van der Waals surface area contributed by atoms with Crippen LogP contribution in [0.5, 0.6) is 5.75 Å². The number of aliphatic hydroxyl groups excluding tert-OH is 2. The molecular formula is C35H41N3O7. The zero-order valence-corrected chi connectivity index (χ0v) is 25.9. The maximum atomic E-state index is 14.1. The Kier molecular flexibility index (Phi) is 7.87. The summed E-state index contributed by atoms with van der Waals surface area (Å²) < 4.78 is 0. The highest BCUT2D eigenvalue weighted by atomic mass is 16.3. The molecule has 10 heteroatoms. The molecule has 0 spiro atoms. The van der Waals surface area contributed by atoms with Crippen molar-refractivity contribution in [2.75, 3.05) is 27.2 Å². The summed E-state index contributed by atoms with van der Waals surface area (Å²) in [5, 5.41) is 45.3. The third-order valence-electron chi connectivity index (χ3n) is 10.0. The Balaban J connectivity index is 1.42.